The smallest absolute Gasteiger partial charge is 0.462 e. The lowest BCUT2D eigenvalue weighted by molar-refractivity contribution is -0.870. The van der Waals surface area contributed by atoms with Crippen LogP contribution < -0.4 is 0 Å². The van der Waals surface area contributed by atoms with E-state index in [-0.39, 0.29) is 32.0 Å². The van der Waals surface area contributed by atoms with E-state index in [2.05, 4.69) is 62.5 Å². The zero-order valence-electron chi connectivity index (χ0n) is 38.7. The van der Waals surface area contributed by atoms with Crippen LogP contribution in [0.2, 0.25) is 0 Å². The van der Waals surface area contributed by atoms with Gasteiger partial charge >= 0.3 is 19.8 Å². The molecule has 9 nitrogen and oxygen atoms in total. The van der Waals surface area contributed by atoms with E-state index in [9.17, 15) is 19.0 Å². The molecular formula is C49H91NO8P+. The predicted octanol–water partition coefficient (Wildman–Crippen LogP) is 13.9. The van der Waals surface area contributed by atoms with Gasteiger partial charge in [-0.2, -0.15) is 0 Å². The molecule has 0 aromatic carbocycles. The maximum absolute atomic E-state index is 12.7. The lowest BCUT2D eigenvalue weighted by atomic mass is 10.0. The van der Waals surface area contributed by atoms with Crippen molar-refractivity contribution in [3.05, 3.63) is 48.6 Å². The number of carbonyl (C=O) groups is 2. The minimum Gasteiger partial charge on any atom is -0.462 e. The summed E-state index contributed by atoms with van der Waals surface area (Å²) in [6.07, 6.45) is 48.9. The molecule has 0 radical (unpaired) electrons. The minimum absolute atomic E-state index is 0.0284. The van der Waals surface area contributed by atoms with Crippen molar-refractivity contribution in [1.29, 1.82) is 0 Å². The summed E-state index contributed by atoms with van der Waals surface area (Å²) < 4.78 is 34.3. The molecule has 0 saturated carbocycles. The fraction of sp³-hybridized carbons (Fsp3) is 0.796. The molecule has 0 fully saturated rings. The van der Waals surface area contributed by atoms with Crippen molar-refractivity contribution < 1.29 is 42.1 Å². The molecular weight excluding hydrogens is 762 g/mol. The summed E-state index contributed by atoms with van der Waals surface area (Å²) in [5.74, 6) is -0.816. The monoisotopic (exact) mass is 853 g/mol. The SMILES string of the molecule is CCC/C=C\CCCCCCCC(=O)OCC(COP(=O)(O)OCC[N+](C)(C)C)OC(=O)CCCCCCCCCCCC/C=C\C/C=C\C/C=C\CCCCCCC. The summed E-state index contributed by atoms with van der Waals surface area (Å²) in [7, 11) is 1.47. The van der Waals surface area contributed by atoms with Gasteiger partial charge in [0.2, 0.25) is 0 Å². The van der Waals surface area contributed by atoms with Gasteiger partial charge in [0, 0.05) is 12.8 Å². The summed E-state index contributed by atoms with van der Waals surface area (Å²) in [6, 6.07) is 0. The molecule has 0 bridgehead atoms. The van der Waals surface area contributed by atoms with Crippen LogP contribution in [0.5, 0.6) is 0 Å². The summed E-state index contributed by atoms with van der Waals surface area (Å²) in [4.78, 5) is 35.3. The highest BCUT2D eigenvalue weighted by molar-refractivity contribution is 7.47. The van der Waals surface area contributed by atoms with Gasteiger partial charge in [0.05, 0.1) is 27.7 Å². The molecule has 2 unspecified atom stereocenters. The number of phosphoric acid groups is 1. The minimum atomic E-state index is -4.38. The molecule has 0 spiro atoms. The normalized spacial score (nSPS) is 13.9. The number of carbonyl (C=O) groups excluding carboxylic acids is 2. The van der Waals surface area contributed by atoms with Crippen molar-refractivity contribution in [3.8, 4) is 0 Å². The Balaban J connectivity index is 4.20. The molecule has 0 saturated heterocycles. The molecule has 1 N–H and O–H groups in total. The summed E-state index contributed by atoms with van der Waals surface area (Å²) in [5.41, 5.74) is 0. The number of likely N-dealkylation sites (N-methyl/N-ethyl adjacent to an activating group) is 1. The van der Waals surface area contributed by atoms with Crippen LogP contribution in [-0.2, 0) is 32.7 Å². The van der Waals surface area contributed by atoms with Crippen molar-refractivity contribution >= 4 is 19.8 Å². The average Bonchev–Trinajstić information content (AvgIpc) is 3.19. The average molecular weight is 853 g/mol. The molecule has 0 aromatic heterocycles. The van der Waals surface area contributed by atoms with Crippen LogP contribution in [0, 0.1) is 0 Å². The molecule has 0 aliphatic heterocycles. The van der Waals surface area contributed by atoms with E-state index in [1.807, 2.05) is 21.1 Å². The summed E-state index contributed by atoms with van der Waals surface area (Å²) in [6.45, 7) is 4.33. The fourth-order valence-electron chi connectivity index (χ4n) is 6.32. The van der Waals surface area contributed by atoms with Gasteiger partial charge in [-0.3, -0.25) is 18.6 Å². The Bertz CT molecular complexity index is 1150. The summed E-state index contributed by atoms with van der Waals surface area (Å²) in [5, 5.41) is 0. The standard InChI is InChI=1S/C49H90NO8P/c1-6-8-10-12-14-16-18-19-20-21-22-23-24-25-26-27-28-29-30-31-32-34-36-38-40-42-49(52)58-47(46-57-59(53,54)56-44-43-50(3,4)5)45-55-48(51)41-39-37-35-33-17-15-13-11-9-7-2/h11,13,18-19,21-22,24-25,47H,6-10,12,14-17,20,23,26-46H2,1-5H3/p+1/b13-11-,19-18-,22-21-,25-24-. The van der Waals surface area contributed by atoms with Crippen LogP contribution in [0.4, 0.5) is 0 Å². The maximum atomic E-state index is 12.7. The zero-order chi connectivity index (χ0) is 43.6. The Morgan fingerprint density at radius 2 is 0.949 bits per heavy atom. The quantitative estimate of drug-likeness (QED) is 0.0212. The second-order valence-electron chi connectivity index (χ2n) is 17.1. The van der Waals surface area contributed by atoms with Crippen LogP contribution in [-0.4, -0.2) is 74.9 Å². The van der Waals surface area contributed by atoms with E-state index < -0.39 is 26.5 Å². The zero-order valence-corrected chi connectivity index (χ0v) is 39.6. The number of hydrogen-bond acceptors (Lipinski definition) is 7. The first kappa shape index (κ1) is 57.0. The van der Waals surface area contributed by atoms with Crippen LogP contribution in [0.1, 0.15) is 200 Å². The lowest BCUT2D eigenvalue weighted by Crippen LogP contribution is -2.37. The Morgan fingerprint density at radius 3 is 1.44 bits per heavy atom. The third-order valence-electron chi connectivity index (χ3n) is 10.1. The van der Waals surface area contributed by atoms with Gasteiger partial charge in [-0.25, -0.2) is 4.57 Å². The van der Waals surface area contributed by atoms with Gasteiger partial charge in [-0.05, 0) is 70.6 Å². The van der Waals surface area contributed by atoms with Gasteiger partial charge in [0.15, 0.2) is 6.10 Å². The first-order chi connectivity index (χ1) is 28.5. The van der Waals surface area contributed by atoms with E-state index in [1.165, 1.54) is 89.9 Å². The van der Waals surface area contributed by atoms with E-state index >= 15 is 0 Å². The Kier molecular flexibility index (Phi) is 39.9. The van der Waals surface area contributed by atoms with Crippen molar-refractivity contribution in [2.45, 2.75) is 206 Å². The summed E-state index contributed by atoms with van der Waals surface area (Å²) >= 11 is 0. The fourth-order valence-corrected chi connectivity index (χ4v) is 7.06. The molecule has 10 heteroatoms. The molecule has 0 aliphatic carbocycles. The van der Waals surface area contributed by atoms with Crippen molar-refractivity contribution in [2.75, 3.05) is 47.5 Å². The molecule has 0 amide bonds. The van der Waals surface area contributed by atoms with E-state index in [4.69, 9.17) is 18.5 Å². The van der Waals surface area contributed by atoms with Crippen molar-refractivity contribution in [2.24, 2.45) is 0 Å². The number of hydrogen-bond donors (Lipinski definition) is 1. The van der Waals surface area contributed by atoms with Crippen LogP contribution in [0.25, 0.3) is 0 Å². The molecule has 344 valence electrons. The lowest BCUT2D eigenvalue weighted by Gasteiger charge is -2.24. The number of rotatable bonds is 43. The van der Waals surface area contributed by atoms with Gasteiger partial charge in [0.25, 0.3) is 0 Å². The van der Waals surface area contributed by atoms with Crippen molar-refractivity contribution in [3.63, 3.8) is 0 Å². The Morgan fingerprint density at radius 1 is 0.525 bits per heavy atom. The molecule has 59 heavy (non-hydrogen) atoms. The molecule has 0 rings (SSSR count). The molecule has 0 aromatic rings. The number of esters is 2. The van der Waals surface area contributed by atoms with Gasteiger partial charge in [-0.1, -0.05) is 165 Å². The van der Waals surface area contributed by atoms with Crippen LogP contribution in [0.3, 0.4) is 0 Å². The number of allylic oxidation sites excluding steroid dienone is 8. The molecule has 2 atom stereocenters. The van der Waals surface area contributed by atoms with E-state index in [1.54, 1.807) is 0 Å². The molecule has 0 heterocycles. The number of quaternary nitrogens is 1. The second kappa shape index (κ2) is 41.3. The van der Waals surface area contributed by atoms with Gasteiger partial charge in [0.1, 0.15) is 19.8 Å². The Labute approximate surface area is 363 Å². The highest BCUT2D eigenvalue weighted by atomic mass is 31.2. The maximum Gasteiger partial charge on any atom is 0.472 e. The first-order valence-electron chi connectivity index (χ1n) is 23.9. The predicted molar refractivity (Wildman–Crippen MR) is 247 cm³/mol. The van der Waals surface area contributed by atoms with Gasteiger partial charge in [-0.15, -0.1) is 0 Å². The van der Waals surface area contributed by atoms with E-state index in [0.29, 0.717) is 17.4 Å². The van der Waals surface area contributed by atoms with Gasteiger partial charge < -0.3 is 18.9 Å². The van der Waals surface area contributed by atoms with Crippen LogP contribution >= 0.6 is 7.82 Å². The number of unbranched alkanes of at least 4 members (excludes halogenated alkanes) is 21. The third-order valence-corrected chi connectivity index (χ3v) is 11.0. The second-order valence-corrected chi connectivity index (χ2v) is 18.6. The number of phosphoric ester groups is 1. The number of nitrogens with zero attached hydrogens (tertiary/aromatic N) is 1. The topological polar surface area (TPSA) is 108 Å². The highest BCUT2D eigenvalue weighted by Gasteiger charge is 2.27. The highest BCUT2D eigenvalue weighted by Crippen LogP contribution is 2.43. The number of ether oxygens (including phenoxy) is 2. The van der Waals surface area contributed by atoms with Crippen LogP contribution in [0.15, 0.2) is 48.6 Å². The largest absolute Gasteiger partial charge is 0.472 e. The third kappa shape index (κ3) is 45.3. The molecule has 0 aliphatic rings. The Hall–Kier alpha value is -2.03. The van der Waals surface area contributed by atoms with Crippen molar-refractivity contribution in [1.82, 2.24) is 0 Å². The van der Waals surface area contributed by atoms with E-state index in [0.717, 1.165) is 77.0 Å². The first-order valence-corrected chi connectivity index (χ1v) is 25.4.